The maximum absolute atomic E-state index is 6.40. The Hall–Kier alpha value is -5.90. The first-order valence-corrected chi connectivity index (χ1v) is 16.8. The van der Waals surface area contributed by atoms with Crippen LogP contribution < -0.4 is 4.90 Å². The first kappa shape index (κ1) is 25.3. The minimum atomic E-state index is 0.898. The quantitative estimate of drug-likeness (QED) is 0.197. The predicted octanol–water partition coefficient (Wildman–Crippen LogP) is 13.4. The van der Waals surface area contributed by atoms with Gasteiger partial charge < -0.3 is 9.32 Å². The van der Waals surface area contributed by atoms with Crippen LogP contribution in [0.4, 0.5) is 17.1 Å². The molecular formula is C44H25NOS. The van der Waals surface area contributed by atoms with Gasteiger partial charge in [0.2, 0.25) is 0 Å². The third kappa shape index (κ3) is 3.55. The summed E-state index contributed by atoms with van der Waals surface area (Å²) in [5, 5.41) is 10.0. The number of hydrogen-bond acceptors (Lipinski definition) is 3. The molecule has 0 saturated carbocycles. The van der Waals surface area contributed by atoms with Crippen LogP contribution >= 0.6 is 11.3 Å². The van der Waals surface area contributed by atoms with Gasteiger partial charge in [-0.05, 0) is 104 Å². The van der Waals surface area contributed by atoms with E-state index in [1.54, 1.807) is 0 Å². The van der Waals surface area contributed by atoms with Crippen molar-refractivity contribution in [2.45, 2.75) is 0 Å². The second-order valence-corrected chi connectivity index (χ2v) is 13.6. The molecule has 1 aliphatic carbocycles. The zero-order valence-corrected chi connectivity index (χ0v) is 26.0. The average molecular weight is 616 g/mol. The van der Waals surface area contributed by atoms with Crippen molar-refractivity contribution in [3.63, 3.8) is 0 Å². The van der Waals surface area contributed by atoms with Crippen molar-refractivity contribution in [3.05, 3.63) is 152 Å². The number of benzene rings is 8. The third-order valence-corrected chi connectivity index (χ3v) is 11.0. The summed E-state index contributed by atoms with van der Waals surface area (Å²) in [6, 6.07) is 55.3. The van der Waals surface area contributed by atoms with E-state index in [0.717, 1.165) is 39.0 Å². The molecule has 11 rings (SSSR count). The van der Waals surface area contributed by atoms with Crippen LogP contribution in [0, 0.1) is 0 Å². The number of thiophene rings is 1. The molecule has 2 aromatic heterocycles. The Balaban J connectivity index is 1.21. The van der Waals surface area contributed by atoms with Gasteiger partial charge in [-0.25, -0.2) is 0 Å². The van der Waals surface area contributed by atoms with Gasteiger partial charge in [0.15, 0.2) is 0 Å². The van der Waals surface area contributed by atoms with E-state index in [-0.39, 0.29) is 0 Å². The fourth-order valence-electron chi connectivity index (χ4n) is 7.88. The summed E-state index contributed by atoms with van der Waals surface area (Å²) < 4.78 is 9.03. The molecule has 0 bridgehead atoms. The van der Waals surface area contributed by atoms with E-state index in [9.17, 15) is 0 Å². The van der Waals surface area contributed by atoms with Gasteiger partial charge in [0, 0.05) is 48.0 Å². The van der Waals surface area contributed by atoms with Crippen molar-refractivity contribution in [2.75, 3.05) is 4.90 Å². The molecule has 2 nitrogen and oxygen atoms in total. The van der Waals surface area contributed by atoms with Crippen molar-refractivity contribution >= 4 is 92.1 Å². The summed E-state index contributed by atoms with van der Waals surface area (Å²) >= 11 is 1.90. The van der Waals surface area contributed by atoms with Gasteiger partial charge in [0.25, 0.3) is 0 Å². The van der Waals surface area contributed by atoms with Crippen molar-refractivity contribution in [1.29, 1.82) is 0 Å². The van der Waals surface area contributed by atoms with Gasteiger partial charge in [-0.1, -0.05) is 91.0 Å². The summed E-state index contributed by atoms with van der Waals surface area (Å²) in [4.78, 5) is 2.40. The Morgan fingerprint density at radius 2 is 1.11 bits per heavy atom. The van der Waals surface area contributed by atoms with E-state index in [0.29, 0.717) is 0 Å². The van der Waals surface area contributed by atoms with Crippen LogP contribution in [0.1, 0.15) is 0 Å². The number of rotatable bonds is 3. The van der Waals surface area contributed by atoms with E-state index in [4.69, 9.17) is 4.42 Å². The highest BCUT2D eigenvalue weighted by Crippen LogP contribution is 2.53. The van der Waals surface area contributed by atoms with Crippen molar-refractivity contribution in [3.8, 4) is 22.3 Å². The third-order valence-electron chi connectivity index (χ3n) is 9.92. The van der Waals surface area contributed by atoms with Gasteiger partial charge in [-0.3, -0.25) is 0 Å². The molecule has 0 unspecified atom stereocenters. The Bertz CT molecular complexity index is 2910. The smallest absolute Gasteiger partial charge is 0.136 e. The van der Waals surface area contributed by atoms with Crippen molar-refractivity contribution in [1.82, 2.24) is 0 Å². The molecule has 0 atom stereocenters. The van der Waals surface area contributed by atoms with Crippen LogP contribution in [-0.2, 0) is 0 Å². The molecule has 0 aliphatic heterocycles. The maximum Gasteiger partial charge on any atom is 0.136 e. The van der Waals surface area contributed by atoms with Crippen molar-refractivity contribution < 1.29 is 4.42 Å². The first-order chi connectivity index (χ1) is 23.3. The van der Waals surface area contributed by atoms with Gasteiger partial charge in [0.05, 0.1) is 0 Å². The Kier molecular flexibility index (Phi) is 5.02. The highest BCUT2D eigenvalue weighted by Gasteiger charge is 2.25. The van der Waals surface area contributed by atoms with Crippen molar-refractivity contribution in [2.24, 2.45) is 0 Å². The number of furan rings is 1. The van der Waals surface area contributed by atoms with Crippen LogP contribution in [0.25, 0.3) is 85.9 Å². The number of hydrogen-bond donors (Lipinski definition) is 0. The van der Waals surface area contributed by atoms with Gasteiger partial charge in [-0.15, -0.1) is 11.3 Å². The second-order valence-electron chi connectivity index (χ2n) is 12.5. The lowest BCUT2D eigenvalue weighted by Crippen LogP contribution is -2.10. The second kappa shape index (κ2) is 9.32. The molecule has 10 aromatic rings. The maximum atomic E-state index is 6.40. The number of nitrogens with zero attached hydrogens (tertiary/aromatic N) is 1. The van der Waals surface area contributed by atoms with Gasteiger partial charge >= 0.3 is 0 Å². The molecule has 8 aromatic carbocycles. The minimum Gasteiger partial charge on any atom is -0.456 e. The predicted molar refractivity (Wildman–Crippen MR) is 201 cm³/mol. The lowest BCUT2D eigenvalue weighted by atomic mass is 9.93. The van der Waals surface area contributed by atoms with Crippen LogP contribution in [0.2, 0.25) is 0 Å². The summed E-state index contributed by atoms with van der Waals surface area (Å²) in [7, 11) is 0. The van der Waals surface area contributed by atoms with E-state index >= 15 is 0 Å². The van der Waals surface area contributed by atoms with Crippen LogP contribution in [0.15, 0.2) is 156 Å². The Labute approximate surface area is 274 Å². The average Bonchev–Trinajstić information content (AvgIpc) is 3.64. The molecule has 0 saturated heterocycles. The van der Waals surface area contributed by atoms with E-state index < -0.39 is 0 Å². The van der Waals surface area contributed by atoms with Crippen LogP contribution in [-0.4, -0.2) is 0 Å². The fraction of sp³-hybridized carbons (Fsp3) is 0. The Morgan fingerprint density at radius 1 is 0.383 bits per heavy atom. The fourth-order valence-corrected chi connectivity index (χ4v) is 9.06. The highest BCUT2D eigenvalue weighted by atomic mass is 32.1. The molecule has 47 heavy (non-hydrogen) atoms. The summed E-state index contributed by atoms with van der Waals surface area (Å²) in [6.07, 6.45) is 0. The molecule has 0 N–H and O–H groups in total. The highest BCUT2D eigenvalue weighted by molar-refractivity contribution is 7.26. The number of para-hydroxylation sites is 1. The largest absolute Gasteiger partial charge is 0.456 e. The minimum absolute atomic E-state index is 0.898. The standard InChI is InChI=1S/C44H25NOS/c1-2-12-29(13-3-1)45(30-18-19-38-36(23-30)35-21-27-9-4-5-10-28(27)22-39(35)46-38)31-24-37-33-15-7-6-14-32(33)34-16-8-11-26-17-20-40-44(42(26)34)43(37)41(25-31)47-40/h1-25H. The zero-order valence-electron chi connectivity index (χ0n) is 25.2. The molecular weight excluding hydrogens is 591 g/mol. The first-order valence-electron chi connectivity index (χ1n) is 16.0. The molecule has 218 valence electrons. The monoisotopic (exact) mass is 615 g/mol. The van der Waals surface area contributed by atoms with Crippen LogP contribution in [0.5, 0.6) is 0 Å². The van der Waals surface area contributed by atoms with Gasteiger partial charge in [-0.2, -0.15) is 0 Å². The Morgan fingerprint density at radius 3 is 1.98 bits per heavy atom. The molecule has 3 heteroatoms. The summed E-state index contributed by atoms with van der Waals surface area (Å²) in [6.45, 7) is 0. The lowest BCUT2D eigenvalue weighted by Gasteiger charge is -2.26. The summed E-state index contributed by atoms with van der Waals surface area (Å²) in [5.74, 6) is 0. The molecule has 2 heterocycles. The van der Waals surface area contributed by atoms with E-state index in [2.05, 4.69) is 157 Å². The molecule has 1 aliphatic rings. The van der Waals surface area contributed by atoms with E-state index in [1.807, 2.05) is 11.3 Å². The SMILES string of the molecule is c1ccc(N(c2cc3c4c(c2)sc2ccc5cccc(c5c24)-c2ccccc2-3)c2ccc3oc4cc5ccccc5cc4c3c2)cc1. The molecule has 0 fully saturated rings. The lowest BCUT2D eigenvalue weighted by molar-refractivity contribution is 0.669. The van der Waals surface area contributed by atoms with E-state index in [1.165, 1.54) is 64.0 Å². The van der Waals surface area contributed by atoms with Gasteiger partial charge in [0.1, 0.15) is 11.2 Å². The zero-order chi connectivity index (χ0) is 30.6. The van der Waals surface area contributed by atoms with Crippen LogP contribution in [0.3, 0.4) is 0 Å². The molecule has 0 amide bonds. The molecule has 0 radical (unpaired) electrons. The summed E-state index contributed by atoms with van der Waals surface area (Å²) in [5.41, 5.74) is 10.3. The normalized spacial score (nSPS) is 12.3. The molecule has 0 spiro atoms. The number of fused-ring (bicyclic) bond motifs is 7. The topological polar surface area (TPSA) is 16.4 Å². The number of anilines is 3.